The quantitative estimate of drug-likeness (QED) is 0.946. The van der Waals surface area contributed by atoms with Crippen LogP contribution in [0.25, 0.3) is 10.9 Å². The van der Waals surface area contributed by atoms with E-state index in [1.165, 1.54) is 0 Å². The maximum Gasteiger partial charge on any atom is 0.270 e. The molecule has 1 N–H and O–H groups in total. The Kier molecular flexibility index (Phi) is 4.07. The van der Waals surface area contributed by atoms with Gasteiger partial charge in [-0.05, 0) is 51.2 Å². The Morgan fingerprint density at radius 1 is 1.32 bits per heavy atom. The number of nitrogens with one attached hydrogen (secondary N) is 1. The van der Waals surface area contributed by atoms with Crippen LogP contribution >= 0.6 is 0 Å². The van der Waals surface area contributed by atoms with Crippen molar-refractivity contribution in [3.05, 3.63) is 30.0 Å². The molecule has 0 bridgehead atoms. The van der Waals surface area contributed by atoms with E-state index < -0.39 is 0 Å². The first kappa shape index (κ1) is 14.9. The monoisotopic (exact) mass is 301 g/mol. The molecule has 0 spiro atoms. The first-order valence-corrected chi connectivity index (χ1v) is 7.71. The van der Waals surface area contributed by atoms with Gasteiger partial charge >= 0.3 is 0 Å². The van der Waals surface area contributed by atoms with Crippen LogP contribution in [0, 0.1) is 0 Å². The lowest BCUT2D eigenvalue weighted by molar-refractivity contribution is 0.0654. The molecule has 1 amide bonds. The molecule has 5 heteroatoms. The predicted molar refractivity (Wildman–Crippen MR) is 87.5 cm³/mol. The summed E-state index contributed by atoms with van der Waals surface area (Å²) in [5.74, 6) is 0.849. The van der Waals surface area contributed by atoms with Gasteiger partial charge in [-0.25, -0.2) is 0 Å². The molecule has 1 aliphatic heterocycles. The van der Waals surface area contributed by atoms with Crippen LogP contribution in [0.3, 0.4) is 0 Å². The number of H-pyrrole nitrogens is 1. The van der Waals surface area contributed by atoms with Crippen LogP contribution in [-0.2, 0) is 0 Å². The number of methoxy groups -OCH3 is 1. The minimum atomic E-state index is 0.0599. The number of hydrogen-bond donors (Lipinski definition) is 1. The summed E-state index contributed by atoms with van der Waals surface area (Å²) in [7, 11) is 5.68. The van der Waals surface area contributed by atoms with E-state index in [1.807, 2.05) is 36.2 Å². The number of ether oxygens (including phenoxy) is 1. The lowest BCUT2D eigenvalue weighted by Gasteiger charge is -2.34. The highest BCUT2D eigenvalue weighted by atomic mass is 16.5. The van der Waals surface area contributed by atoms with E-state index in [2.05, 4.69) is 16.9 Å². The van der Waals surface area contributed by atoms with Crippen LogP contribution in [0.1, 0.15) is 23.3 Å². The van der Waals surface area contributed by atoms with E-state index in [0.29, 0.717) is 11.7 Å². The number of aromatic nitrogens is 1. The average Bonchev–Trinajstić information content (AvgIpc) is 2.97. The molecule has 0 unspecified atom stereocenters. The van der Waals surface area contributed by atoms with Gasteiger partial charge < -0.3 is 19.5 Å². The van der Waals surface area contributed by atoms with Gasteiger partial charge in [0.15, 0.2) is 0 Å². The van der Waals surface area contributed by atoms with Crippen LogP contribution < -0.4 is 4.74 Å². The van der Waals surface area contributed by atoms with Gasteiger partial charge in [-0.15, -0.1) is 0 Å². The number of aromatic amines is 1. The van der Waals surface area contributed by atoms with Gasteiger partial charge in [-0.2, -0.15) is 0 Å². The first-order valence-electron chi connectivity index (χ1n) is 7.71. The topological polar surface area (TPSA) is 48.6 Å². The second-order valence-electron chi connectivity index (χ2n) is 6.09. The molecule has 22 heavy (non-hydrogen) atoms. The number of amides is 1. The third-order valence-corrected chi connectivity index (χ3v) is 4.62. The predicted octanol–water partition coefficient (Wildman–Crippen LogP) is 2.34. The second-order valence-corrected chi connectivity index (χ2v) is 6.09. The van der Waals surface area contributed by atoms with E-state index in [4.69, 9.17) is 4.74 Å². The summed E-state index contributed by atoms with van der Waals surface area (Å²) in [6.07, 6.45) is 2.07. The molecule has 1 saturated heterocycles. The van der Waals surface area contributed by atoms with Crippen LogP contribution in [0.5, 0.6) is 5.75 Å². The molecule has 0 saturated carbocycles. The van der Waals surface area contributed by atoms with E-state index in [9.17, 15) is 4.79 Å². The van der Waals surface area contributed by atoms with Crippen molar-refractivity contribution >= 4 is 16.8 Å². The molecular formula is C17H23N3O2. The van der Waals surface area contributed by atoms with Crippen molar-refractivity contribution in [3.63, 3.8) is 0 Å². The molecule has 1 aliphatic rings. The highest BCUT2D eigenvalue weighted by molar-refractivity contribution is 5.98. The van der Waals surface area contributed by atoms with Gasteiger partial charge in [0.1, 0.15) is 11.4 Å². The zero-order chi connectivity index (χ0) is 15.7. The number of carbonyl (C=O) groups excluding carboxylic acids is 1. The molecule has 3 rings (SSSR count). The van der Waals surface area contributed by atoms with Crippen molar-refractivity contribution in [3.8, 4) is 5.75 Å². The standard InChI is InChI=1S/C17H23N3O2/c1-19-8-6-13(7-9-19)20(2)17(21)16-10-12-4-5-14(22-3)11-15(12)18-16/h4-5,10-11,13,18H,6-9H2,1-3H3. The number of carbonyl (C=O) groups is 1. The number of rotatable bonds is 3. The number of hydrogen-bond acceptors (Lipinski definition) is 3. The van der Waals surface area contributed by atoms with Gasteiger partial charge in [0, 0.05) is 30.1 Å². The Labute approximate surface area is 130 Å². The molecule has 1 aromatic heterocycles. The van der Waals surface area contributed by atoms with E-state index in [1.54, 1.807) is 7.11 Å². The van der Waals surface area contributed by atoms with Gasteiger partial charge in [-0.1, -0.05) is 0 Å². The minimum Gasteiger partial charge on any atom is -0.497 e. The Bertz CT molecular complexity index is 672. The third-order valence-electron chi connectivity index (χ3n) is 4.62. The molecule has 5 nitrogen and oxygen atoms in total. The summed E-state index contributed by atoms with van der Waals surface area (Å²) in [6.45, 7) is 2.10. The number of benzene rings is 1. The van der Waals surface area contributed by atoms with Crippen molar-refractivity contribution in [2.24, 2.45) is 0 Å². The lowest BCUT2D eigenvalue weighted by atomic mass is 10.0. The first-order chi connectivity index (χ1) is 10.6. The summed E-state index contributed by atoms with van der Waals surface area (Å²) in [5.41, 5.74) is 1.57. The fourth-order valence-electron chi connectivity index (χ4n) is 3.09. The van der Waals surface area contributed by atoms with Gasteiger partial charge in [-0.3, -0.25) is 4.79 Å². The third kappa shape index (κ3) is 2.81. The van der Waals surface area contributed by atoms with E-state index >= 15 is 0 Å². The Hall–Kier alpha value is -2.01. The SMILES string of the molecule is COc1ccc2cc(C(=O)N(C)C3CCN(C)CC3)[nH]c2c1. The molecule has 0 atom stereocenters. The maximum atomic E-state index is 12.7. The number of nitrogens with zero attached hydrogens (tertiary/aromatic N) is 2. The largest absolute Gasteiger partial charge is 0.497 e. The number of piperidine rings is 1. The second kappa shape index (κ2) is 6.01. The summed E-state index contributed by atoms with van der Waals surface area (Å²) in [6, 6.07) is 8.04. The molecule has 1 fully saturated rings. The molecule has 0 aliphatic carbocycles. The van der Waals surface area contributed by atoms with Gasteiger partial charge in [0.2, 0.25) is 0 Å². The van der Waals surface area contributed by atoms with Crippen LogP contribution in [0.2, 0.25) is 0 Å². The fourth-order valence-corrected chi connectivity index (χ4v) is 3.09. The van der Waals surface area contributed by atoms with E-state index in [0.717, 1.165) is 42.6 Å². The Balaban J connectivity index is 1.79. The number of fused-ring (bicyclic) bond motifs is 1. The Morgan fingerprint density at radius 2 is 2.05 bits per heavy atom. The highest BCUT2D eigenvalue weighted by Gasteiger charge is 2.25. The molecule has 1 aromatic carbocycles. The highest BCUT2D eigenvalue weighted by Crippen LogP contribution is 2.23. The van der Waals surface area contributed by atoms with Gasteiger partial charge in [0.25, 0.3) is 5.91 Å². The lowest BCUT2D eigenvalue weighted by Crippen LogP contribution is -2.44. The summed E-state index contributed by atoms with van der Waals surface area (Å²) in [5, 5.41) is 1.03. The average molecular weight is 301 g/mol. The van der Waals surface area contributed by atoms with Crippen LogP contribution in [0.15, 0.2) is 24.3 Å². The molecule has 118 valence electrons. The molecule has 0 radical (unpaired) electrons. The van der Waals surface area contributed by atoms with Gasteiger partial charge in [0.05, 0.1) is 7.11 Å². The van der Waals surface area contributed by atoms with Crippen molar-refractivity contribution in [1.29, 1.82) is 0 Å². The molecule has 2 heterocycles. The zero-order valence-electron chi connectivity index (χ0n) is 13.4. The summed E-state index contributed by atoms with van der Waals surface area (Å²) < 4.78 is 5.22. The van der Waals surface area contributed by atoms with Crippen LogP contribution in [0.4, 0.5) is 0 Å². The van der Waals surface area contributed by atoms with Crippen molar-refractivity contribution in [2.75, 3.05) is 34.3 Å². The summed E-state index contributed by atoms with van der Waals surface area (Å²) in [4.78, 5) is 20.1. The minimum absolute atomic E-state index is 0.0599. The molecular weight excluding hydrogens is 278 g/mol. The van der Waals surface area contributed by atoms with Crippen molar-refractivity contribution in [1.82, 2.24) is 14.8 Å². The van der Waals surface area contributed by atoms with Crippen molar-refractivity contribution < 1.29 is 9.53 Å². The smallest absolute Gasteiger partial charge is 0.270 e. The number of likely N-dealkylation sites (tertiary alicyclic amines) is 1. The van der Waals surface area contributed by atoms with E-state index in [-0.39, 0.29) is 5.91 Å². The van der Waals surface area contributed by atoms with Crippen LogP contribution in [-0.4, -0.2) is 61.0 Å². The van der Waals surface area contributed by atoms with Crippen molar-refractivity contribution in [2.45, 2.75) is 18.9 Å². The summed E-state index contributed by atoms with van der Waals surface area (Å²) >= 11 is 0. The molecule has 2 aromatic rings. The maximum absolute atomic E-state index is 12.7. The Morgan fingerprint density at radius 3 is 2.73 bits per heavy atom. The zero-order valence-corrected chi connectivity index (χ0v) is 13.4. The normalized spacial score (nSPS) is 16.9. The fraction of sp³-hybridized carbons (Fsp3) is 0.471.